The van der Waals surface area contributed by atoms with Crippen molar-refractivity contribution in [2.24, 2.45) is 7.05 Å². The maximum atomic E-state index is 12.7. The van der Waals surface area contributed by atoms with Crippen LogP contribution in [0.2, 0.25) is 0 Å². The quantitative estimate of drug-likeness (QED) is 0.797. The van der Waals surface area contributed by atoms with Crippen LogP contribution in [-0.4, -0.2) is 33.8 Å². The lowest BCUT2D eigenvalue weighted by molar-refractivity contribution is -0.157. The Morgan fingerprint density at radius 1 is 1.15 bits per heavy atom. The molecule has 1 aromatic carbocycles. The van der Waals surface area contributed by atoms with Gasteiger partial charge in [0, 0.05) is 18.0 Å². The standard InChI is InChI=1S/C15H12F6N2O3/c1-23-10-3-2-8(15(19,20)21)4-7(10)5-11(23)12(24)22-9(13(25)26)6-14(16,17)18/h2-5,9H,6H2,1H3,(H,22,24)(H,25,26). The van der Waals surface area contributed by atoms with Crippen LogP contribution in [0.25, 0.3) is 10.9 Å². The van der Waals surface area contributed by atoms with Crippen LogP contribution in [0.4, 0.5) is 26.3 Å². The number of carbonyl (C=O) groups excluding carboxylic acids is 1. The molecule has 0 radical (unpaired) electrons. The number of amides is 1. The van der Waals surface area contributed by atoms with Crippen LogP contribution in [0.5, 0.6) is 0 Å². The number of carboxylic acid groups (broad SMARTS) is 1. The number of aromatic nitrogens is 1. The van der Waals surface area contributed by atoms with Gasteiger partial charge in [-0.25, -0.2) is 4.79 Å². The first-order valence-corrected chi connectivity index (χ1v) is 7.06. The fraction of sp³-hybridized carbons (Fsp3) is 0.333. The van der Waals surface area contributed by atoms with Crippen LogP contribution in [-0.2, 0) is 18.0 Å². The van der Waals surface area contributed by atoms with Gasteiger partial charge in [-0.2, -0.15) is 26.3 Å². The Balaban J connectivity index is 2.35. The summed E-state index contributed by atoms with van der Waals surface area (Å²) in [5.74, 6) is -3.03. The molecule has 0 fully saturated rings. The van der Waals surface area contributed by atoms with Gasteiger partial charge in [-0.1, -0.05) is 0 Å². The van der Waals surface area contributed by atoms with E-state index in [1.807, 2.05) is 0 Å². The first-order valence-electron chi connectivity index (χ1n) is 7.06. The lowest BCUT2D eigenvalue weighted by Gasteiger charge is -2.16. The summed E-state index contributed by atoms with van der Waals surface area (Å²) in [7, 11) is 1.32. The normalized spacial score (nSPS) is 13.7. The van der Waals surface area contributed by atoms with Crippen molar-refractivity contribution >= 4 is 22.8 Å². The smallest absolute Gasteiger partial charge is 0.416 e. The topological polar surface area (TPSA) is 71.3 Å². The molecule has 0 spiro atoms. The van der Waals surface area contributed by atoms with Gasteiger partial charge in [0.2, 0.25) is 0 Å². The molecule has 2 rings (SSSR count). The van der Waals surface area contributed by atoms with Crippen molar-refractivity contribution in [1.82, 2.24) is 9.88 Å². The molecule has 1 unspecified atom stereocenters. The van der Waals surface area contributed by atoms with Gasteiger partial charge < -0.3 is 15.0 Å². The fourth-order valence-electron chi connectivity index (χ4n) is 2.41. The van der Waals surface area contributed by atoms with Crippen molar-refractivity contribution in [2.75, 3.05) is 0 Å². The minimum atomic E-state index is -4.82. The van der Waals surface area contributed by atoms with Gasteiger partial charge in [-0.15, -0.1) is 0 Å². The van der Waals surface area contributed by atoms with E-state index in [1.54, 1.807) is 5.32 Å². The summed E-state index contributed by atoms with van der Waals surface area (Å²) >= 11 is 0. The van der Waals surface area contributed by atoms with Crippen molar-refractivity contribution < 1.29 is 41.0 Å². The molecule has 1 atom stereocenters. The van der Waals surface area contributed by atoms with E-state index in [0.717, 1.165) is 28.8 Å². The van der Waals surface area contributed by atoms with Crippen molar-refractivity contribution in [3.8, 4) is 0 Å². The van der Waals surface area contributed by atoms with Gasteiger partial charge in [0.05, 0.1) is 12.0 Å². The van der Waals surface area contributed by atoms with Crippen LogP contribution in [0.3, 0.4) is 0 Å². The van der Waals surface area contributed by atoms with Crippen molar-refractivity contribution in [1.29, 1.82) is 0 Å². The third-order valence-corrected chi connectivity index (χ3v) is 3.64. The molecule has 0 aliphatic heterocycles. The number of benzene rings is 1. The number of aryl methyl sites for hydroxylation is 1. The van der Waals surface area contributed by atoms with E-state index in [4.69, 9.17) is 5.11 Å². The molecule has 2 N–H and O–H groups in total. The van der Waals surface area contributed by atoms with Gasteiger partial charge in [0.1, 0.15) is 11.7 Å². The Bertz CT molecular complexity index is 853. The zero-order valence-corrected chi connectivity index (χ0v) is 13.1. The van der Waals surface area contributed by atoms with E-state index in [2.05, 4.69) is 0 Å². The molecular weight excluding hydrogens is 370 g/mol. The molecule has 11 heteroatoms. The molecule has 2 aromatic rings. The molecule has 0 bridgehead atoms. The van der Waals surface area contributed by atoms with E-state index >= 15 is 0 Å². The molecule has 0 aliphatic rings. The third-order valence-electron chi connectivity index (χ3n) is 3.64. The molecule has 0 aliphatic carbocycles. The SMILES string of the molecule is Cn1c(C(=O)NC(CC(F)(F)F)C(=O)O)cc2cc(C(F)(F)F)ccc21. The van der Waals surface area contributed by atoms with Crippen molar-refractivity contribution in [3.05, 3.63) is 35.5 Å². The maximum absolute atomic E-state index is 12.7. The van der Waals surface area contributed by atoms with E-state index in [-0.39, 0.29) is 16.6 Å². The highest BCUT2D eigenvalue weighted by Crippen LogP contribution is 2.32. The first kappa shape index (κ1) is 19.6. The van der Waals surface area contributed by atoms with Crippen LogP contribution < -0.4 is 5.32 Å². The molecule has 142 valence electrons. The number of hydrogen-bond acceptors (Lipinski definition) is 2. The first-order chi connectivity index (χ1) is 11.8. The second-order valence-electron chi connectivity index (χ2n) is 5.54. The number of rotatable bonds is 4. The van der Waals surface area contributed by atoms with E-state index < -0.39 is 42.3 Å². The summed E-state index contributed by atoms with van der Waals surface area (Å²) in [6.45, 7) is 0. The summed E-state index contributed by atoms with van der Waals surface area (Å²) in [6.07, 6.45) is -11.2. The van der Waals surface area contributed by atoms with E-state index in [1.165, 1.54) is 7.05 Å². The van der Waals surface area contributed by atoms with Crippen molar-refractivity contribution in [3.63, 3.8) is 0 Å². The Hall–Kier alpha value is -2.72. The van der Waals surface area contributed by atoms with E-state index in [9.17, 15) is 35.9 Å². The Morgan fingerprint density at radius 2 is 1.77 bits per heavy atom. The Morgan fingerprint density at radius 3 is 2.27 bits per heavy atom. The molecule has 0 saturated heterocycles. The Labute approximate surface area is 142 Å². The number of halogens is 6. The summed E-state index contributed by atoms with van der Waals surface area (Å²) in [4.78, 5) is 23.0. The number of carbonyl (C=O) groups is 2. The summed E-state index contributed by atoms with van der Waals surface area (Å²) in [5.41, 5.74) is -0.998. The number of fused-ring (bicyclic) bond motifs is 1. The van der Waals surface area contributed by atoms with Gasteiger partial charge in [0.25, 0.3) is 5.91 Å². The molecule has 5 nitrogen and oxygen atoms in total. The lowest BCUT2D eigenvalue weighted by atomic mass is 10.1. The predicted octanol–water partition coefficient (Wildman–Crippen LogP) is 3.33. The molecular formula is C15H12F6N2O3. The number of nitrogens with one attached hydrogen (secondary N) is 1. The minimum absolute atomic E-state index is 0.0372. The van der Waals surface area contributed by atoms with Crippen LogP contribution in [0, 0.1) is 0 Å². The fourth-order valence-corrected chi connectivity index (χ4v) is 2.41. The van der Waals surface area contributed by atoms with Gasteiger partial charge in [0.15, 0.2) is 0 Å². The monoisotopic (exact) mass is 382 g/mol. The number of alkyl halides is 6. The average molecular weight is 382 g/mol. The largest absolute Gasteiger partial charge is 0.480 e. The molecule has 26 heavy (non-hydrogen) atoms. The number of nitrogens with zero attached hydrogens (tertiary/aromatic N) is 1. The molecule has 1 heterocycles. The second-order valence-corrected chi connectivity index (χ2v) is 5.54. The zero-order chi connectivity index (χ0) is 19.9. The average Bonchev–Trinajstić information content (AvgIpc) is 2.81. The zero-order valence-electron chi connectivity index (χ0n) is 13.1. The summed E-state index contributed by atoms with van der Waals surface area (Å²) in [5, 5.41) is 10.6. The van der Waals surface area contributed by atoms with Gasteiger partial charge in [-0.05, 0) is 24.3 Å². The van der Waals surface area contributed by atoms with E-state index in [0.29, 0.717) is 0 Å². The molecule has 1 amide bonds. The second kappa shape index (κ2) is 6.54. The maximum Gasteiger partial charge on any atom is 0.416 e. The van der Waals surface area contributed by atoms with Crippen LogP contribution >= 0.6 is 0 Å². The highest BCUT2D eigenvalue weighted by molar-refractivity contribution is 6.00. The van der Waals surface area contributed by atoms with Gasteiger partial charge >= 0.3 is 18.3 Å². The minimum Gasteiger partial charge on any atom is -0.480 e. The van der Waals surface area contributed by atoms with Gasteiger partial charge in [-0.3, -0.25) is 4.79 Å². The third kappa shape index (κ3) is 4.27. The highest BCUT2D eigenvalue weighted by atomic mass is 19.4. The Kier molecular flexibility index (Phi) is 4.93. The number of aliphatic carboxylic acids is 1. The number of hydrogen-bond donors (Lipinski definition) is 2. The molecule has 1 aromatic heterocycles. The molecule has 0 saturated carbocycles. The summed E-state index contributed by atoms with van der Waals surface area (Å²) in [6, 6.07) is 1.53. The van der Waals surface area contributed by atoms with Crippen LogP contribution in [0.15, 0.2) is 24.3 Å². The highest BCUT2D eigenvalue weighted by Gasteiger charge is 2.37. The lowest BCUT2D eigenvalue weighted by Crippen LogP contribution is -2.44. The van der Waals surface area contributed by atoms with Crippen LogP contribution in [0.1, 0.15) is 22.5 Å². The summed E-state index contributed by atoms with van der Waals surface area (Å²) < 4.78 is 76.6. The predicted molar refractivity (Wildman–Crippen MR) is 77.5 cm³/mol. The number of carboxylic acids is 1. The van der Waals surface area contributed by atoms with Crippen molar-refractivity contribution in [2.45, 2.75) is 24.8 Å².